The summed E-state index contributed by atoms with van der Waals surface area (Å²) in [5, 5.41) is 0. The average Bonchev–Trinajstić information content (AvgIpc) is 2.14. The molecule has 0 aliphatic rings. The molecule has 1 aromatic rings. The summed E-state index contributed by atoms with van der Waals surface area (Å²) < 4.78 is 5.59. The van der Waals surface area contributed by atoms with Crippen LogP contribution in [0.1, 0.15) is 30.9 Å². The molecule has 78 valence electrons. The molecule has 0 aromatic heterocycles. The number of unbranched alkanes of at least 4 members (excludes halogenated alkanes) is 1. The molecule has 2 heteroatoms. The van der Waals surface area contributed by atoms with E-state index in [1.54, 1.807) is 0 Å². The Hall–Kier alpha value is -1.18. The number of hydrogen-bond acceptors (Lipinski definition) is 2. The van der Waals surface area contributed by atoms with Gasteiger partial charge in [0.2, 0.25) is 0 Å². The molecule has 2 N–H and O–H groups in total. The molecule has 0 fully saturated rings. The van der Waals surface area contributed by atoms with Gasteiger partial charge in [-0.1, -0.05) is 13.3 Å². The van der Waals surface area contributed by atoms with Gasteiger partial charge in [-0.15, -0.1) is 0 Å². The van der Waals surface area contributed by atoms with Crippen molar-refractivity contribution in [2.24, 2.45) is 0 Å². The predicted octanol–water partition coefficient (Wildman–Crippen LogP) is 3.06. The van der Waals surface area contributed by atoms with Crippen LogP contribution in [0.15, 0.2) is 12.1 Å². The molecule has 0 heterocycles. The fraction of sp³-hybridized carbons (Fsp3) is 0.500. The van der Waals surface area contributed by atoms with Crippen LogP contribution in [-0.4, -0.2) is 6.61 Å². The minimum absolute atomic E-state index is 0.740. The van der Waals surface area contributed by atoms with Crippen molar-refractivity contribution in [1.29, 1.82) is 0 Å². The minimum atomic E-state index is 0.740. The number of rotatable bonds is 4. The van der Waals surface area contributed by atoms with Crippen LogP contribution in [0.25, 0.3) is 0 Å². The van der Waals surface area contributed by atoms with Crippen molar-refractivity contribution in [2.45, 2.75) is 33.6 Å². The molecule has 0 saturated heterocycles. The lowest BCUT2D eigenvalue weighted by Crippen LogP contribution is -2.01. The SMILES string of the molecule is CCCCOc1cc(C)c(C)cc1N. The first-order chi connectivity index (χ1) is 6.65. The van der Waals surface area contributed by atoms with Crippen molar-refractivity contribution in [3.8, 4) is 5.75 Å². The molecule has 0 unspecified atom stereocenters. The summed E-state index contributed by atoms with van der Waals surface area (Å²) >= 11 is 0. The van der Waals surface area contributed by atoms with E-state index in [2.05, 4.69) is 20.8 Å². The molecule has 0 radical (unpaired) electrons. The molecule has 0 bridgehead atoms. The van der Waals surface area contributed by atoms with Crippen molar-refractivity contribution in [3.63, 3.8) is 0 Å². The van der Waals surface area contributed by atoms with Gasteiger partial charge in [-0.25, -0.2) is 0 Å². The van der Waals surface area contributed by atoms with Gasteiger partial charge in [0, 0.05) is 0 Å². The number of ether oxygens (including phenoxy) is 1. The lowest BCUT2D eigenvalue weighted by molar-refractivity contribution is 0.311. The zero-order valence-corrected chi connectivity index (χ0v) is 9.26. The van der Waals surface area contributed by atoms with Crippen LogP contribution >= 0.6 is 0 Å². The molecular weight excluding hydrogens is 174 g/mol. The van der Waals surface area contributed by atoms with Gasteiger partial charge in [0.1, 0.15) is 5.75 Å². The summed E-state index contributed by atoms with van der Waals surface area (Å²) in [4.78, 5) is 0. The molecule has 0 aliphatic heterocycles. The van der Waals surface area contributed by atoms with Crippen molar-refractivity contribution >= 4 is 5.69 Å². The van der Waals surface area contributed by atoms with Crippen LogP contribution < -0.4 is 10.5 Å². The smallest absolute Gasteiger partial charge is 0.142 e. The van der Waals surface area contributed by atoms with E-state index in [1.165, 1.54) is 11.1 Å². The van der Waals surface area contributed by atoms with E-state index in [4.69, 9.17) is 10.5 Å². The fourth-order valence-corrected chi connectivity index (χ4v) is 1.26. The first-order valence-electron chi connectivity index (χ1n) is 5.14. The Balaban J connectivity index is 2.72. The summed E-state index contributed by atoms with van der Waals surface area (Å²) in [6.07, 6.45) is 2.22. The number of nitrogens with two attached hydrogens (primary N) is 1. The van der Waals surface area contributed by atoms with Crippen molar-refractivity contribution in [3.05, 3.63) is 23.3 Å². The molecule has 1 aromatic carbocycles. The Morgan fingerprint density at radius 3 is 2.50 bits per heavy atom. The normalized spacial score (nSPS) is 10.2. The highest BCUT2D eigenvalue weighted by molar-refractivity contribution is 5.56. The third-order valence-corrected chi connectivity index (χ3v) is 2.38. The van der Waals surface area contributed by atoms with Crippen LogP contribution in [-0.2, 0) is 0 Å². The molecule has 0 atom stereocenters. The van der Waals surface area contributed by atoms with E-state index < -0.39 is 0 Å². The third-order valence-electron chi connectivity index (χ3n) is 2.38. The molecular formula is C12H19NO. The highest BCUT2D eigenvalue weighted by Crippen LogP contribution is 2.25. The first kappa shape index (κ1) is 10.9. The molecule has 0 amide bonds. The van der Waals surface area contributed by atoms with Crippen molar-refractivity contribution in [2.75, 3.05) is 12.3 Å². The van der Waals surface area contributed by atoms with Crippen LogP contribution in [0.2, 0.25) is 0 Å². The monoisotopic (exact) mass is 193 g/mol. The van der Waals surface area contributed by atoms with Gasteiger partial charge in [-0.3, -0.25) is 0 Å². The van der Waals surface area contributed by atoms with Gasteiger partial charge >= 0.3 is 0 Å². The summed E-state index contributed by atoms with van der Waals surface area (Å²) in [6, 6.07) is 3.98. The van der Waals surface area contributed by atoms with E-state index in [-0.39, 0.29) is 0 Å². The van der Waals surface area contributed by atoms with Crippen molar-refractivity contribution in [1.82, 2.24) is 0 Å². The van der Waals surface area contributed by atoms with E-state index in [9.17, 15) is 0 Å². The molecule has 1 rings (SSSR count). The number of aryl methyl sites for hydroxylation is 2. The lowest BCUT2D eigenvalue weighted by Gasteiger charge is -2.10. The zero-order chi connectivity index (χ0) is 10.6. The summed E-state index contributed by atoms with van der Waals surface area (Å²) in [5.74, 6) is 0.821. The third kappa shape index (κ3) is 2.66. The maximum Gasteiger partial charge on any atom is 0.142 e. The van der Waals surface area contributed by atoms with Gasteiger partial charge in [-0.05, 0) is 43.5 Å². The second-order valence-electron chi connectivity index (χ2n) is 3.68. The summed E-state index contributed by atoms with van der Waals surface area (Å²) in [7, 11) is 0. The Morgan fingerprint density at radius 1 is 1.21 bits per heavy atom. The maximum atomic E-state index is 5.85. The number of benzene rings is 1. The van der Waals surface area contributed by atoms with Gasteiger partial charge in [-0.2, -0.15) is 0 Å². The van der Waals surface area contributed by atoms with Crippen LogP contribution in [0, 0.1) is 13.8 Å². The largest absolute Gasteiger partial charge is 0.491 e. The summed E-state index contributed by atoms with van der Waals surface area (Å²) in [6.45, 7) is 7.03. The second kappa shape index (κ2) is 4.89. The number of nitrogen functional groups attached to an aromatic ring is 1. The average molecular weight is 193 g/mol. The van der Waals surface area contributed by atoms with E-state index in [0.717, 1.165) is 30.9 Å². The Morgan fingerprint density at radius 2 is 1.86 bits per heavy atom. The van der Waals surface area contributed by atoms with Crippen LogP contribution in [0.5, 0.6) is 5.75 Å². The van der Waals surface area contributed by atoms with Crippen molar-refractivity contribution < 1.29 is 4.74 Å². The Labute approximate surface area is 86.1 Å². The van der Waals surface area contributed by atoms with Crippen LogP contribution in [0.4, 0.5) is 5.69 Å². The molecule has 14 heavy (non-hydrogen) atoms. The number of anilines is 1. The first-order valence-corrected chi connectivity index (χ1v) is 5.14. The molecule has 0 spiro atoms. The van der Waals surface area contributed by atoms with E-state index in [0.29, 0.717) is 0 Å². The highest BCUT2D eigenvalue weighted by atomic mass is 16.5. The predicted molar refractivity (Wildman–Crippen MR) is 60.7 cm³/mol. The summed E-state index contributed by atoms with van der Waals surface area (Å²) in [5.41, 5.74) is 9.03. The van der Waals surface area contributed by atoms with Gasteiger partial charge in [0.25, 0.3) is 0 Å². The second-order valence-corrected chi connectivity index (χ2v) is 3.68. The maximum absolute atomic E-state index is 5.85. The van der Waals surface area contributed by atoms with Gasteiger partial charge < -0.3 is 10.5 Å². The fourth-order valence-electron chi connectivity index (χ4n) is 1.26. The standard InChI is InChI=1S/C12H19NO/c1-4-5-6-14-12-8-10(3)9(2)7-11(12)13/h7-8H,4-6,13H2,1-3H3. The molecule has 0 aliphatic carbocycles. The van der Waals surface area contributed by atoms with Crippen LogP contribution in [0.3, 0.4) is 0 Å². The quantitative estimate of drug-likeness (QED) is 0.589. The van der Waals surface area contributed by atoms with E-state index in [1.807, 2.05) is 12.1 Å². The van der Waals surface area contributed by atoms with Gasteiger partial charge in [0.05, 0.1) is 12.3 Å². The van der Waals surface area contributed by atoms with Gasteiger partial charge in [0.15, 0.2) is 0 Å². The zero-order valence-electron chi connectivity index (χ0n) is 9.26. The topological polar surface area (TPSA) is 35.2 Å². The Kier molecular flexibility index (Phi) is 3.81. The molecule has 0 saturated carbocycles. The highest BCUT2D eigenvalue weighted by Gasteiger charge is 2.02. The molecule has 2 nitrogen and oxygen atoms in total. The van der Waals surface area contributed by atoms with E-state index >= 15 is 0 Å². The Bertz CT molecular complexity index is 307. The lowest BCUT2D eigenvalue weighted by atomic mass is 10.1. The number of hydrogen-bond donors (Lipinski definition) is 1. The minimum Gasteiger partial charge on any atom is -0.491 e.